The van der Waals surface area contributed by atoms with Crippen molar-refractivity contribution < 1.29 is 9.53 Å². The highest BCUT2D eigenvalue weighted by Gasteiger charge is 2.27. The molecule has 1 aromatic rings. The fourth-order valence-corrected chi connectivity index (χ4v) is 3.02. The molecule has 2 rings (SSSR count). The molecule has 1 saturated heterocycles. The minimum atomic E-state index is -0.489. The summed E-state index contributed by atoms with van der Waals surface area (Å²) >= 11 is 6.40. The zero-order valence-corrected chi connectivity index (χ0v) is 15.7. The quantitative estimate of drug-likeness (QED) is 0.771. The van der Waals surface area contributed by atoms with Crippen molar-refractivity contribution in [1.82, 2.24) is 4.90 Å². The van der Waals surface area contributed by atoms with Crippen LogP contribution in [-0.4, -0.2) is 35.7 Å². The molecule has 0 aliphatic carbocycles. The summed E-state index contributed by atoms with van der Waals surface area (Å²) in [5.74, 6) is 0. The highest BCUT2D eigenvalue weighted by molar-refractivity contribution is 6.34. The smallest absolute Gasteiger partial charge is 0.410 e. The predicted octanol–water partition coefficient (Wildman–Crippen LogP) is 4.43. The maximum atomic E-state index is 12.4. The topological polar surface area (TPSA) is 67.6 Å². The van der Waals surface area contributed by atoms with Crippen molar-refractivity contribution in [3.63, 3.8) is 0 Å². The van der Waals surface area contributed by atoms with E-state index in [0.717, 1.165) is 30.5 Å². The van der Waals surface area contributed by atoms with Crippen molar-refractivity contribution in [1.29, 1.82) is 0 Å². The van der Waals surface area contributed by atoms with Crippen LogP contribution in [0.3, 0.4) is 0 Å². The molecule has 1 aromatic carbocycles. The van der Waals surface area contributed by atoms with Gasteiger partial charge in [0.25, 0.3) is 0 Å². The molecule has 1 atom stereocenters. The minimum absolute atomic E-state index is 0.0987. The van der Waals surface area contributed by atoms with E-state index in [1.165, 1.54) is 0 Å². The Hall–Kier alpha value is -1.62. The summed E-state index contributed by atoms with van der Waals surface area (Å²) in [5.41, 5.74) is 7.94. The van der Waals surface area contributed by atoms with E-state index < -0.39 is 5.60 Å². The maximum absolute atomic E-state index is 12.4. The lowest BCUT2D eigenvalue weighted by Crippen LogP contribution is -2.42. The fraction of sp³-hybridized carbons (Fsp3) is 0.611. The Balaban J connectivity index is 2.11. The standard InChI is InChI=1S/C18H28ClN3O2/c1-12-8-9-14(20)16(15(12)19)21-13-7-5-6-10-22(11-13)17(23)24-18(2,3)4/h8-9,13,21H,5-7,10-11,20H2,1-4H3/t13-/m1/s1. The van der Waals surface area contributed by atoms with E-state index in [4.69, 9.17) is 22.1 Å². The predicted molar refractivity (Wildman–Crippen MR) is 99.7 cm³/mol. The van der Waals surface area contributed by atoms with Crippen molar-refractivity contribution >= 4 is 29.1 Å². The molecule has 1 aliphatic heterocycles. The summed E-state index contributed by atoms with van der Waals surface area (Å²) in [6, 6.07) is 3.86. The van der Waals surface area contributed by atoms with Crippen LogP contribution in [0.2, 0.25) is 5.02 Å². The molecule has 1 aliphatic rings. The number of nitrogens with one attached hydrogen (secondary N) is 1. The van der Waals surface area contributed by atoms with Crippen molar-refractivity contribution in [2.24, 2.45) is 0 Å². The number of amides is 1. The molecule has 6 heteroatoms. The van der Waals surface area contributed by atoms with E-state index in [0.29, 0.717) is 23.8 Å². The number of aryl methyl sites for hydroxylation is 1. The highest BCUT2D eigenvalue weighted by atomic mass is 35.5. The number of anilines is 2. The van der Waals surface area contributed by atoms with Crippen LogP contribution < -0.4 is 11.1 Å². The molecule has 134 valence electrons. The first-order valence-electron chi connectivity index (χ1n) is 8.46. The number of nitrogens with two attached hydrogens (primary N) is 1. The van der Waals surface area contributed by atoms with Gasteiger partial charge < -0.3 is 20.7 Å². The largest absolute Gasteiger partial charge is 0.444 e. The third-order valence-electron chi connectivity index (χ3n) is 4.04. The van der Waals surface area contributed by atoms with Crippen LogP contribution in [0.25, 0.3) is 0 Å². The van der Waals surface area contributed by atoms with Crippen LogP contribution in [0.15, 0.2) is 12.1 Å². The number of likely N-dealkylation sites (tertiary alicyclic amines) is 1. The summed E-state index contributed by atoms with van der Waals surface area (Å²) in [6.07, 6.45) is 2.71. The summed E-state index contributed by atoms with van der Waals surface area (Å²) < 4.78 is 5.51. The summed E-state index contributed by atoms with van der Waals surface area (Å²) in [7, 11) is 0. The minimum Gasteiger partial charge on any atom is -0.444 e. The molecule has 0 radical (unpaired) electrons. The Labute approximate surface area is 149 Å². The van der Waals surface area contributed by atoms with Gasteiger partial charge in [-0.05, 0) is 58.6 Å². The number of nitrogen functional groups attached to an aromatic ring is 1. The normalized spacial score (nSPS) is 18.9. The van der Waals surface area contributed by atoms with E-state index in [9.17, 15) is 4.79 Å². The van der Waals surface area contributed by atoms with Gasteiger partial charge in [0, 0.05) is 19.1 Å². The van der Waals surface area contributed by atoms with E-state index >= 15 is 0 Å². The van der Waals surface area contributed by atoms with Gasteiger partial charge in [-0.25, -0.2) is 4.79 Å². The molecule has 1 heterocycles. The van der Waals surface area contributed by atoms with Gasteiger partial charge in [0.1, 0.15) is 5.60 Å². The Morgan fingerprint density at radius 3 is 2.75 bits per heavy atom. The van der Waals surface area contributed by atoms with Crippen molar-refractivity contribution in [2.75, 3.05) is 24.1 Å². The monoisotopic (exact) mass is 353 g/mol. The second-order valence-corrected chi connectivity index (χ2v) is 7.80. The van der Waals surface area contributed by atoms with Crippen LogP contribution >= 0.6 is 11.6 Å². The zero-order chi connectivity index (χ0) is 17.9. The number of hydrogen-bond donors (Lipinski definition) is 2. The summed E-state index contributed by atoms with van der Waals surface area (Å²) in [4.78, 5) is 14.2. The van der Waals surface area contributed by atoms with E-state index in [1.54, 1.807) is 4.90 Å². The Morgan fingerprint density at radius 1 is 1.38 bits per heavy atom. The van der Waals surface area contributed by atoms with E-state index in [-0.39, 0.29) is 12.1 Å². The lowest BCUT2D eigenvalue weighted by Gasteiger charge is -2.29. The first kappa shape index (κ1) is 18.7. The first-order chi connectivity index (χ1) is 11.2. The Kier molecular flexibility index (Phi) is 5.86. The molecule has 1 amide bonds. The number of halogens is 1. The molecular weight excluding hydrogens is 326 g/mol. The molecule has 0 unspecified atom stereocenters. The average Bonchev–Trinajstić information content (AvgIpc) is 2.71. The van der Waals surface area contributed by atoms with Crippen LogP contribution in [0.1, 0.15) is 45.6 Å². The van der Waals surface area contributed by atoms with Gasteiger partial charge in [-0.15, -0.1) is 0 Å². The van der Waals surface area contributed by atoms with Gasteiger partial charge in [-0.3, -0.25) is 0 Å². The zero-order valence-electron chi connectivity index (χ0n) is 15.0. The summed E-state index contributed by atoms with van der Waals surface area (Å²) in [5, 5.41) is 4.08. The maximum Gasteiger partial charge on any atom is 0.410 e. The van der Waals surface area contributed by atoms with Gasteiger partial charge >= 0.3 is 6.09 Å². The van der Waals surface area contributed by atoms with Crippen LogP contribution in [0.4, 0.5) is 16.2 Å². The second-order valence-electron chi connectivity index (χ2n) is 7.42. The van der Waals surface area contributed by atoms with Crippen LogP contribution in [-0.2, 0) is 4.74 Å². The van der Waals surface area contributed by atoms with Crippen molar-refractivity contribution in [2.45, 2.75) is 58.6 Å². The molecular formula is C18H28ClN3O2. The average molecular weight is 354 g/mol. The lowest BCUT2D eigenvalue weighted by atomic mass is 10.1. The number of benzene rings is 1. The Bertz CT molecular complexity index is 599. The number of ether oxygens (including phenoxy) is 1. The third kappa shape index (κ3) is 4.94. The second kappa shape index (κ2) is 7.51. The van der Waals surface area contributed by atoms with Gasteiger partial charge in [0.2, 0.25) is 0 Å². The molecule has 0 saturated carbocycles. The number of carbonyl (C=O) groups is 1. The van der Waals surface area contributed by atoms with Gasteiger partial charge in [-0.1, -0.05) is 17.7 Å². The lowest BCUT2D eigenvalue weighted by molar-refractivity contribution is 0.0252. The van der Waals surface area contributed by atoms with Gasteiger partial charge in [-0.2, -0.15) is 0 Å². The summed E-state index contributed by atoms with van der Waals surface area (Å²) in [6.45, 7) is 8.89. The molecule has 0 aromatic heterocycles. The molecule has 0 bridgehead atoms. The Morgan fingerprint density at radius 2 is 2.08 bits per heavy atom. The highest BCUT2D eigenvalue weighted by Crippen LogP contribution is 2.32. The molecule has 1 fully saturated rings. The van der Waals surface area contributed by atoms with Crippen LogP contribution in [0.5, 0.6) is 0 Å². The van der Waals surface area contributed by atoms with Gasteiger partial charge in [0.05, 0.1) is 16.4 Å². The van der Waals surface area contributed by atoms with E-state index in [1.807, 2.05) is 39.8 Å². The third-order valence-corrected chi connectivity index (χ3v) is 4.53. The SMILES string of the molecule is Cc1ccc(N)c(N[C@@H]2CCCCN(C(=O)OC(C)(C)C)C2)c1Cl. The van der Waals surface area contributed by atoms with Crippen LogP contribution in [0, 0.1) is 6.92 Å². The van der Waals surface area contributed by atoms with Gasteiger partial charge in [0.15, 0.2) is 0 Å². The number of hydrogen-bond acceptors (Lipinski definition) is 4. The molecule has 3 N–H and O–H groups in total. The van der Waals surface area contributed by atoms with E-state index in [2.05, 4.69) is 5.32 Å². The van der Waals surface area contributed by atoms with Crippen molar-refractivity contribution in [3.05, 3.63) is 22.7 Å². The fourth-order valence-electron chi connectivity index (χ4n) is 2.80. The number of nitrogens with zero attached hydrogens (tertiary/aromatic N) is 1. The number of carbonyl (C=O) groups excluding carboxylic acids is 1. The molecule has 0 spiro atoms. The molecule has 5 nitrogen and oxygen atoms in total. The number of rotatable bonds is 2. The first-order valence-corrected chi connectivity index (χ1v) is 8.84. The molecule has 24 heavy (non-hydrogen) atoms. The van der Waals surface area contributed by atoms with Crippen molar-refractivity contribution in [3.8, 4) is 0 Å².